The minimum absolute atomic E-state index is 0.285. The first kappa shape index (κ1) is 13.9. The van der Waals surface area contributed by atoms with Gasteiger partial charge in [0.25, 0.3) is 0 Å². The molecule has 1 aliphatic rings. The van der Waals surface area contributed by atoms with Gasteiger partial charge >= 0.3 is 0 Å². The maximum atomic E-state index is 12.0. The molecule has 2 aromatic heterocycles. The van der Waals surface area contributed by atoms with Crippen LogP contribution in [0.2, 0.25) is 0 Å². The quantitative estimate of drug-likeness (QED) is 0.935. The molecule has 0 spiro atoms. The number of pyridine rings is 1. The number of unbranched alkanes of at least 4 members (excludes halogenated alkanes) is 1. The topological polar surface area (TPSA) is 49.0 Å². The summed E-state index contributed by atoms with van der Waals surface area (Å²) < 4.78 is 0. The van der Waals surface area contributed by atoms with E-state index in [1.165, 1.54) is 11.1 Å². The van der Waals surface area contributed by atoms with Crippen molar-refractivity contribution in [3.63, 3.8) is 0 Å². The van der Waals surface area contributed by atoms with Gasteiger partial charge in [0, 0.05) is 42.9 Å². The molecule has 0 atom stereocenters. The van der Waals surface area contributed by atoms with Gasteiger partial charge < -0.3 is 9.88 Å². The summed E-state index contributed by atoms with van der Waals surface area (Å²) in [6, 6.07) is 4.05. The van der Waals surface area contributed by atoms with Crippen molar-refractivity contribution >= 4 is 22.5 Å². The van der Waals surface area contributed by atoms with E-state index in [2.05, 4.69) is 29.0 Å². The predicted octanol–water partition coefficient (Wildman–Crippen LogP) is 3.37. The molecule has 0 fully saturated rings. The highest BCUT2D eigenvalue weighted by Crippen LogP contribution is 2.28. The Labute approximate surface area is 124 Å². The number of hydrogen-bond acceptors (Lipinski definition) is 2. The van der Waals surface area contributed by atoms with Crippen molar-refractivity contribution < 1.29 is 4.79 Å². The average Bonchev–Trinajstić information content (AvgIpc) is 2.97. The van der Waals surface area contributed by atoms with E-state index in [1.807, 2.05) is 17.2 Å². The summed E-state index contributed by atoms with van der Waals surface area (Å²) in [6.45, 7) is 3.67. The van der Waals surface area contributed by atoms with Crippen LogP contribution in [0.25, 0.3) is 16.6 Å². The van der Waals surface area contributed by atoms with E-state index in [-0.39, 0.29) is 5.91 Å². The van der Waals surface area contributed by atoms with Crippen LogP contribution in [0.4, 0.5) is 0 Å². The monoisotopic (exact) mass is 283 g/mol. The Morgan fingerprint density at radius 1 is 1.48 bits per heavy atom. The lowest BCUT2D eigenvalue weighted by Crippen LogP contribution is -2.34. The first-order chi connectivity index (χ1) is 10.3. The molecule has 0 aliphatic carbocycles. The van der Waals surface area contributed by atoms with E-state index in [9.17, 15) is 4.79 Å². The van der Waals surface area contributed by atoms with Crippen LogP contribution < -0.4 is 0 Å². The minimum atomic E-state index is 0.285. The molecule has 3 rings (SSSR count). The molecule has 110 valence electrons. The van der Waals surface area contributed by atoms with Gasteiger partial charge in [-0.1, -0.05) is 19.4 Å². The Bertz CT molecular complexity index is 671. The maximum Gasteiger partial charge on any atom is 0.222 e. The van der Waals surface area contributed by atoms with Gasteiger partial charge in [0.05, 0.1) is 0 Å². The van der Waals surface area contributed by atoms with Crippen molar-refractivity contribution in [3.05, 3.63) is 36.2 Å². The Morgan fingerprint density at radius 3 is 3.14 bits per heavy atom. The molecular formula is C17H21N3O. The number of rotatable bonds is 4. The molecule has 0 saturated carbocycles. The summed E-state index contributed by atoms with van der Waals surface area (Å²) in [6.07, 6.45) is 9.66. The van der Waals surface area contributed by atoms with E-state index >= 15 is 0 Å². The van der Waals surface area contributed by atoms with Gasteiger partial charge in [0.1, 0.15) is 5.65 Å². The number of nitrogens with zero attached hydrogens (tertiary/aromatic N) is 2. The molecule has 0 saturated heterocycles. The second-order valence-electron chi connectivity index (χ2n) is 5.52. The Morgan fingerprint density at radius 2 is 2.38 bits per heavy atom. The standard InChI is InChI=1S/C17H21N3O/c1-2-3-6-16(21)20-10-7-13(8-11-20)15-12-19-17-14(15)5-4-9-18-17/h4-5,7,9,12H,2-3,6,8,10-11H2,1H3,(H,18,19). The smallest absolute Gasteiger partial charge is 0.222 e. The first-order valence-electron chi connectivity index (χ1n) is 7.69. The summed E-state index contributed by atoms with van der Waals surface area (Å²) in [5.74, 6) is 0.285. The number of amides is 1. The molecular weight excluding hydrogens is 262 g/mol. The Balaban J connectivity index is 1.74. The van der Waals surface area contributed by atoms with Gasteiger partial charge in [-0.2, -0.15) is 0 Å². The van der Waals surface area contributed by atoms with E-state index in [0.717, 1.165) is 43.4 Å². The molecule has 4 nitrogen and oxygen atoms in total. The van der Waals surface area contributed by atoms with Crippen LogP contribution in [0, 0.1) is 0 Å². The van der Waals surface area contributed by atoms with Crippen molar-refractivity contribution in [1.29, 1.82) is 0 Å². The molecule has 0 radical (unpaired) electrons. The van der Waals surface area contributed by atoms with E-state index < -0.39 is 0 Å². The van der Waals surface area contributed by atoms with Gasteiger partial charge in [-0.15, -0.1) is 0 Å². The number of hydrogen-bond donors (Lipinski definition) is 1. The number of aromatic nitrogens is 2. The van der Waals surface area contributed by atoms with Crippen LogP contribution in [0.5, 0.6) is 0 Å². The Hall–Kier alpha value is -2.10. The molecule has 2 aromatic rings. The van der Waals surface area contributed by atoms with Gasteiger partial charge in [0.15, 0.2) is 0 Å². The summed E-state index contributed by atoms with van der Waals surface area (Å²) >= 11 is 0. The predicted molar refractivity (Wildman–Crippen MR) is 84.8 cm³/mol. The second-order valence-corrected chi connectivity index (χ2v) is 5.52. The van der Waals surface area contributed by atoms with E-state index in [0.29, 0.717) is 6.42 Å². The summed E-state index contributed by atoms with van der Waals surface area (Å²) in [5, 5.41) is 1.16. The van der Waals surface area contributed by atoms with Gasteiger partial charge in [0.2, 0.25) is 5.91 Å². The normalized spacial score (nSPS) is 15.3. The summed E-state index contributed by atoms with van der Waals surface area (Å²) in [7, 11) is 0. The number of aromatic amines is 1. The van der Waals surface area contributed by atoms with E-state index in [4.69, 9.17) is 0 Å². The average molecular weight is 283 g/mol. The largest absolute Gasteiger partial charge is 0.346 e. The number of carbonyl (C=O) groups is 1. The molecule has 3 heterocycles. The van der Waals surface area contributed by atoms with Crippen molar-refractivity contribution in [2.45, 2.75) is 32.6 Å². The zero-order valence-electron chi connectivity index (χ0n) is 12.4. The molecule has 21 heavy (non-hydrogen) atoms. The molecule has 1 aliphatic heterocycles. The minimum Gasteiger partial charge on any atom is -0.346 e. The maximum absolute atomic E-state index is 12.0. The van der Waals surface area contributed by atoms with Crippen LogP contribution in [0.1, 0.15) is 38.2 Å². The third kappa shape index (κ3) is 2.84. The highest BCUT2D eigenvalue weighted by atomic mass is 16.2. The highest BCUT2D eigenvalue weighted by molar-refractivity contribution is 5.91. The van der Waals surface area contributed by atoms with Gasteiger partial charge in [-0.25, -0.2) is 4.98 Å². The zero-order valence-corrected chi connectivity index (χ0v) is 12.4. The second kappa shape index (κ2) is 6.12. The van der Waals surface area contributed by atoms with Crippen molar-refractivity contribution in [2.24, 2.45) is 0 Å². The van der Waals surface area contributed by atoms with Crippen LogP contribution in [0.3, 0.4) is 0 Å². The fraction of sp³-hybridized carbons (Fsp3) is 0.412. The fourth-order valence-corrected chi connectivity index (χ4v) is 2.85. The number of nitrogens with one attached hydrogen (secondary N) is 1. The number of H-pyrrole nitrogens is 1. The molecule has 0 aromatic carbocycles. The third-order valence-electron chi connectivity index (χ3n) is 4.10. The van der Waals surface area contributed by atoms with Crippen LogP contribution >= 0.6 is 0 Å². The zero-order chi connectivity index (χ0) is 14.7. The molecule has 1 amide bonds. The van der Waals surface area contributed by atoms with Crippen molar-refractivity contribution in [1.82, 2.24) is 14.9 Å². The highest BCUT2D eigenvalue weighted by Gasteiger charge is 2.18. The Kier molecular flexibility index (Phi) is 4.04. The lowest BCUT2D eigenvalue weighted by Gasteiger charge is -2.26. The first-order valence-corrected chi connectivity index (χ1v) is 7.69. The summed E-state index contributed by atoms with van der Waals surface area (Å²) in [5.41, 5.74) is 3.46. The molecule has 4 heteroatoms. The van der Waals surface area contributed by atoms with Crippen molar-refractivity contribution in [3.8, 4) is 0 Å². The SMILES string of the molecule is CCCCC(=O)N1CC=C(c2c[nH]c3ncccc23)CC1. The van der Waals surface area contributed by atoms with Crippen molar-refractivity contribution in [2.75, 3.05) is 13.1 Å². The van der Waals surface area contributed by atoms with Gasteiger partial charge in [-0.3, -0.25) is 4.79 Å². The lowest BCUT2D eigenvalue weighted by atomic mass is 9.99. The van der Waals surface area contributed by atoms with E-state index in [1.54, 1.807) is 6.20 Å². The number of fused-ring (bicyclic) bond motifs is 1. The lowest BCUT2D eigenvalue weighted by molar-refractivity contribution is -0.130. The summed E-state index contributed by atoms with van der Waals surface area (Å²) in [4.78, 5) is 21.5. The number of carbonyl (C=O) groups excluding carboxylic acids is 1. The van der Waals surface area contributed by atoms with Crippen LogP contribution in [0.15, 0.2) is 30.6 Å². The fourth-order valence-electron chi connectivity index (χ4n) is 2.85. The van der Waals surface area contributed by atoms with Crippen LogP contribution in [-0.2, 0) is 4.79 Å². The third-order valence-corrected chi connectivity index (χ3v) is 4.10. The van der Waals surface area contributed by atoms with Crippen LogP contribution in [-0.4, -0.2) is 33.9 Å². The van der Waals surface area contributed by atoms with Gasteiger partial charge in [-0.05, 0) is 30.5 Å². The molecule has 0 unspecified atom stereocenters. The molecule has 0 bridgehead atoms. The molecule has 1 N–H and O–H groups in total.